The van der Waals surface area contributed by atoms with E-state index in [1.807, 2.05) is 36.4 Å². The Kier molecular flexibility index (Phi) is 5.75. The zero-order chi connectivity index (χ0) is 17.7. The summed E-state index contributed by atoms with van der Waals surface area (Å²) in [7, 11) is -0.402. The van der Waals surface area contributed by atoms with Gasteiger partial charge in [-0.3, -0.25) is 4.79 Å². The number of sulfonamides is 1. The first kappa shape index (κ1) is 18.2. The number of hydrogen-bond acceptors (Lipinski definition) is 3. The van der Waals surface area contributed by atoms with Crippen LogP contribution in [0.15, 0.2) is 60.7 Å². The van der Waals surface area contributed by atoms with Crippen molar-refractivity contribution in [3.8, 4) is 0 Å². The van der Waals surface area contributed by atoms with Gasteiger partial charge in [-0.05, 0) is 11.1 Å². The summed E-state index contributed by atoms with van der Waals surface area (Å²) in [5, 5.41) is 0. The molecule has 6 heteroatoms. The predicted molar refractivity (Wildman–Crippen MR) is 94.7 cm³/mol. The Morgan fingerprint density at radius 2 is 1.46 bits per heavy atom. The SMILES string of the molecule is CN(Cc1ccccc1)C(=O)C(c1ccccc1)N(C)S(C)(=O)=O. The maximum absolute atomic E-state index is 13.0. The van der Waals surface area contributed by atoms with Gasteiger partial charge >= 0.3 is 0 Å². The van der Waals surface area contributed by atoms with Crippen LogP contribution in [0.2, 0.25) is 0 Å². The molecule has 0 aromatic heterocycles. The van der Waals surface area contributed by atoms with E-state index in [9.17, 15) is 13.2 Å². The Labute approximate surface area is 143 Å². The second kappa shape index (κ2) is 7.59. The molecule has 0 N–H and O–H groups in total. The van der Waals surface area contributed by atoms with E-state index in [4.69, 9.17) is 0 Å². The molecule has 1 amide bonds. The van der Waals surface area contributed by atoms with E-state index in [2.05, 4.69) is 0 Å². The molecule has 1 atom stereocenters. The van der Waals surface area contributed by atoms with Crippen LogP contribution >= 0.6 is 0 Å². The van der Waals surface area contributed by atoms with Crippen LogP contribution in [0.25, 0.3) is 0 Å². The number of likely N-dealkylation sites (N-methyl/N-ethyl adjacent to an activating group) is 2. The van der Waals surface area contributed by atoms with Crippen molar-refractivity contribution in [2.75, 3.05) is 20.4 Å². The second-order valence-corrected chi connectivity index (χ2v) is 7.81. The van der Waals surface area contributed by atoms with Crippen molar-refractivity contribution in [1.82, 2.24) is 9.21 Å². The molecule has 0 radical (unpaired) electrons. The lowest BCUT2D eigenvalue weighted by molar-refractivity contribution is -0.134. The molecule has 1 unspecified atom stereocenters. The fourth-order valence-corrected chi connectivity index (χ4v) is 3.07. The van der Waals surface area contributed by atoms with Gasteiger partial charge in [-0.15, -0.1) is 0 Å². The Morgan fingerprint density at radius 1 is 0.958 bits per heavy atom. The Balaban J connectivity index is 2.31. The third-order valence-corrected chi connectivity index (χ3v) is 5.13. The van der Waals surface area contributed by atoms with Gasteiger partial charge in [-0.1, -0.05) is 60.7 Å². The van der Waals surface area contributed by atoms with Gasteiger partial charge in [0.25, 0.3) is 0 Å². The Bertz CT molecular complexity index is 776. The van der Waals surface area contributed by atoms with Gasteiger partial charge in [0.2, 0.25) is 15.9 Å². The number of carbonyl (C=O) groups is 1. The minimum atomic E-state index is -3.52. The Morgan fingerprint density at radius 3 is 1.96 bits per heavy atom. The lowest BCUT2D eigenvalue weighted by Gasteiger charge is -2.29. The Hall–Kier alpha value is -2.18. The molecule has 0 aliphatic carbocycles. The standard InChI is InChI=1S/C18H22N2O3S/c1-19(14-15-10-6-4-7-11-15)18(21)17(20(2)24(3,22)23)16-12-8-5-9-13-16/h4-13,17H,14H2,1-3H3. The first-order valence-electron chi connectivity index (χ1n) is 7.57. The number of carbonyl (C=O) groups excluding carboxylic acids is 1. The van der Waals surface area contributed by atoms with Crippen LogP contribution in [0.5, 0.6) is 0 Å². The van der Waals surface area contributed by atoms with E-state index in [-0.39, 0.29) is 5.91 Å². The summed E-state index contributed by atoms with van der Waals surface area (Å²) in [4.78, 5) is 14.5. The van der Waals surface area contributed by atoms with Crippen LogP contribution in [0.3, 0.4) is 0 Å². The smallest absolute Gasteiger partial charge is 0.245 e. The molecule has 2 aromatic carbocycles. The van der Waals surface area contributed by atoms with Crippen molar-refractivity contribution < 1.29 is 13.2 Å². The highest BCUT2D eigenvalue weighted by atomic mass is 32.2. The lowest BCUT2D eigenvalue weighted by Crippen LogP contribution is -2.41. The van der Waals surface area contributed by atoms with E-state index in [1.165, 1.54) is 7.05 Å². The summed E-state index contributed by atoms with van der Waals surface area (Å²) in [5.41, 5.74) is 1.64. The van der Waals surface area contributed by atoms with Crippen LogP contribution in [0.1, 0.15) is 17.2 Å². The van der Waals surface area contributed by atoms with Crippen molar-refractivity contribution >= 4 is 15.9 Å². The van der Waals surface area contributed by atoms with Gasteiger partial charge in [0.05, 0.1) is 6.26 Å². The number of benzene rings is 2. The van der Waals surface area contributed by atoms with Crippen LogP contribution in [0, 0.1) is 0 Å². The minimum absolute atomic E-state index is 0.266. The van der Waals surface area contributed by atoms with Crippen LogP contribution < -0.4 is 0 Å². The molecule has 0 aliphatic heterocycles. The van der Waals surface area contributed by atoms with Crippen LogP contribution in [0.4, 0.5) is 0 Å². The van der Waals surface area contributed by atoms with E-state index in [0.29, 0.717) is 12.1 Å². The van der Waals surface area contributed by atoms with Crippen molar-refractivity contribution in [1.29, 1.82) is 0 Å². The molecule has 0 bridgehead atoms. The minimum Gasteiger partial charge on any atom is -0.340 e. The summed E-state index contributed by atoms with van der Waals surface area (Å²) in [6, 6.07) is 17.7. The summed E-state index contributed by atoms with van der Waals surface area (Å²) in [6.07, 6.45) is 1.10. The summed E-state index contributed by atoms with van der Waals surface area (Å²) >= 11 is 0. The number of hydrogen-bond donors (Lipinski definition) is 0. The highest BCUT2D eigenvalue weighted by Gasteiger charge is 2.32. The van der Waals surface area contributed by atoms with Gasteiger partial charge < -0.3 is 4.90 Å². The molecule has 5 nitrogen and oxygen atoms in total. The number of rotatable bonds is 6. The molecule has 0 spiro atoms. The van der Waals surface area contributed by atoms with E-state index >= 15 is 0 Å². The summed E-state index contributed by atoms with van der Waals surface area (Å²) < 4.78 is 25.1. The van der Waals surface area contributed by atoms with E-state index in [0.717, 1.165) is 16.1 Å². The largest absolute Gasteiger partial charge is 0.340 e. The molecule has 0 saturated carbocycles. The van der Waals surface area contributed by atoms with Gasteiger partial charge in [-0.25, -0.2) is 8.42 Å². The monoisotopic (exact) mass is 346 g/mol. The topological polar surface area (TPSA) is 57.7 Å². The molecule has 24 heavy (non-hydrogen) atoms. The highest BCUT2D eigenvalue weighted by Crippen LogP contribution is 2.24. The number of amides is 1. The summed E-state index contributed by atoms with van der Waals surface area (Å²) in [6.45, 7) is 0.417. The molecular formula is C18H22N2O3S. The first-order valence-corrected chi connectivity index (χ1v) is 9.42. The fraction of sp³-hybridized carbons (Fsp3) is 0.278. The van der Waals surface area contributed by atoms with Gasteiger partial charge in [0, 0.05) is 20.6 Å². The van der Waals surface area contributed by atoms with Crippen molar-refractivity contribution in [3.05, 3.63) is 71.8 Å². The molecule has 0 heterocycles. The maximum Gasteiger partial charge on any atom is 0.245 e. The quantitative estimate of drug-likeness (QED) is 0.806. The normalized spacial score (nSPS) is 12.8. The maximum atomic E-state index is 13.0. The third-order valence-electron chi connectivity index (χ3n) is 3.87. The molecular weight excluding hydrogens is 324 g/mol. The highest BCUT2D eigenvalue weighted by molar-refractivity contribution is 7.88. The number of nitrogens with zero attached hydrogens (tertiary/aromatic N) is 2. The van der Waals surface area contributed by atoms with Crippen molar-refractivity contribution in [3.63, 3.8) is 0 Å². The van der Waals surface area contributed by atoms with Crippen LogP contribution in [-0.2, 0) is 21.4 Å². The predicted octanol–water partition coefficient (Wildman–Crippen LogP) is 2.28. The van der Waals surface area contributed by atoms with Gasteiger partial charge in [-0.2, -0.15) is 4.31 Å². The first-order chi connectivity index (χ1) is 11.3. The average Bonchev–Trinajstić information content (AvgIpc) is 2.56. The lowest BCUT2D eigenvalue weighted by atomic mass is 10.1. The third kappa shape index (κ3) is 4.43. The zero-order valence-corrected chi connectivity index (χ0v) is 14.9. The molecule has 0 aliphatic rings. The van der Waals surface area contributed by atoms with Crippen LogP contribution in [-0.4, -0.2) is 43.9 Å². The molecule has 2 rings (SSSR count). The van der Waals surface area contributed by atoms with E-state index in [1.54, 1.807) is 36.2 Å². The second-order valence-electron chi connectivity index (χ2n) is 5.77. The summed E-state index contributed by atoms with van der Waals surface area (Å²) in [5.74, 6) is -0.266. The van der Waals surface area contributed by atoms with Gasteiger partial charge in [0.15, 0.2) is 0 Å². The molecule has 128 valence electrons. The average molecular weight is 346 g/mol. The van der Waals surface area contributed by atoms with Crippen molar-refractivity contribution in [2.24, 2.45) is 0 Å². The van der Waals surface area contributed by atoms with E-state index < -0.39 is 16.1 Å². The van der Waals surface area contributed by atoms with Gasteiger partial charge in [0.1, 0.15) is 6.04 Å². The fourth-order valence-electron chi connectivity index (χ4n) is 2.48. The molecule has 0 fully saturated rings. The van der Waals surface area contributed by atoms with Crippen molar-refractivity contribution in [2.45, 2.75) is 12.6 Å². The molecule has 0 saturated heterocycles. The zero-order valence-electron chi connectivity index (χ0n) is 14.1. The molecule has 2 aromatic rings.